The lowest BCUT2D eigenvalue weighted by Gasteiger charge is -2.54. The zero-order chi connectivity index (χ0) is 22.3. The smallest absolute Gasteiger partial charge is 0.327 e. The van der Waals surface area contributed by atoms with Gasteiger partial charge in [0.1, 0.15) is 15.8 Å². The first kappa shape index (κ1) is 20.0. The van der Waals surface area contributed by atoms with Crippen LogP contribution in [0.5, 0.6) is 0 Å². The van der Waals surface area contributed by atoms with E-state index in [0.717, 1.165) is 0 Å². The number of rotatable bonds is 4. The minimum Gasteiger partial charge on any atom is -0.480 e. The summed E-state index contributed by atoms with van der Waals surface area (Å²) in [5.41, 5.74) is 7.62. The fourth-order valence-electron chi connectivity index (χ4n) is 5.48. The third-order valence-corrected chi connectivity index (χ3v) is 7.90. The molecule has 31 heavy (non-hydrogen) atoms. The minimum atomic E-state index is -1.73. The number of hydrogen-bond acceptors (Lipinski definition) is 4. The topological polar surface area (TPSA) is 118 Å². The van der Waals surface area contributed by atoms with Crippen LogP contribution in [0.3, 0.4) is 0 Å². The normalized spacial score (nSPS) is 31.1. The van der Waals surface area contributed by atoms with Crippen molar-refractivity contribution in [2.45, 2.75) is 22.2 Å². The first-order valence-electron chi connectivity index (χ1n) is 9.61. The summed E-state index contributed by atoms with van der Waals surface area (Å²) in [5.74, 6) is -6.25. The van der Waals surface area contributed by atoms with E-state index in [1.807, 2.05) is 0 Å². The van der Waals surface area contributed by atoms with Gasteiger partial charge in [-0.25, -0.2) is 4.79 Å². The van der Waals surface area contributed by atoms with Crippen LogP contribution in [0.25, 0.3) is 0 Å². The van der Waals surface area contributed by atoms with Gasteiger partial charge in [-0.15, -0.1) is 23.2 Å². The Balaban J connectivity index is 1.79. The van der Waals surface area contributed by atoms with Gasteiger partial charge in [0, 0.05) is 0 Å². The van der Waals surface area contributed by atoms with E-state index in [2.05, 4.69) is 0 Å². The maximum absolute atomic E-state index is 13.6. The molecule has 3 aliphatic carbocycles. The molecule has 2 aromatic rings. The molecule has 0 saturated carbocycles. The van der Waals surface area contributed by atoms with E-state index < -0.39 is 57.7 Å². The van der Waals surface area contributed by atoms with Crippen LogP contribution in [0.4, 0.5) is 0 Å². The number of imide groups is 1. The summed E-state index contributed by atoms with van der Waals surface area (Å²) in [5, 5.41) is 9.65. The molecule has 0 unspecified atom stereocenters. The number of carboxylic acids is 1. The summed E-state index contributed by atoms with van der Waals surface area (Å²) in [6.07, 6.45) is -0.698. The number of likely N-dealkylation sites (tertiary alicyclic amines) is 1. The molecule has 2 bridgehead atoms. The highest BCUT2D eigenvalue weighted by molar-refractivity contribution is 6.36. The van der Waals surface area contributed by atoms with Gasteiger partial charge in [0.15, 0.2) is 0 Å². The van der Waals surface area contributed by atoms with Crippen LogP contribution < -0.4 is 5.73 Å². The fourth-order valence-corrected chi connectivity index (χ4v) is 6.57. The van der Waals surface area contributed by atoms with E-state index in [0.29, 0.717) is 27.2 Å². The second-order valence-corrected chi connectivity index (χ2v) is 9.23. The highest BCUT2D eigenvalue weighted by atomic mass is 35.5. The van der Waals surface area contributed by atoms with Gasteiger partial charge < -0.3 is 10.8 Å². The number of nitrogens with two attached hydrogens (primary N) is 1. The average molecular weight is 459 g/mol. The van der Waals surface area contributed by atoms with Crippen molar-refractivity contribution >= 4 is 46.9 Å². The molecule has 1 fully saturated rings. The third-order valence-electron chi connectivity index (χ3n) is 6.61. The van der Waals surface area contributed by atoms with Crippen LogP contribution in [0, 0.1) is 11.8 Å². The molecule has 3 amide bonds. The van der Waals surface area contributed by atoms with Crippen LogP contribution >= 0.6 is 23.2 Å². The molecule has 0 spiro atoms. The first-order chi connectivity index (χ1) is 14.6. The summed E-state index contributed by atoms with van der Waals surface area (Å²) in [7, 11) is 0. The van der Waals surface area contributed by atoms with Crippen molar-refractivity contribution in [1.82, 2.24) is 4.90 Å². The highest BCUT2D eigenvalue weighted by Crippen LogP contribution is 2.69. The molecule has 0 aromatic heterocycles. The largest absolute Gasteiger partial charge is 0.480 e. The number of primary amides is 1. The summed E-state index contributed by atoms with van der Waals surface area (Å²) in [6.45, 7) is 0. The molecule has 1 heterocycles. The Morgan fingerprint density at radius 1 is 0.903 bits per heavy atom. The highest BCUT2D eigenvalue weighted by Gasteiger charge is 2.73. The van der Waals surface area contributed by atoms with Crippen molar-refractivity contribution < 1.29 is 24.3 Å². The lowest BCUT2D eigenvalue weighted by molar-refractivity contribution is -0.156. The quantitative estimate of drug-likeness (QED) is 0.535. The average Bonchev–Trinajstić information content (AvgIpc) is 3.01. The van der Waals surface area contributed by atoms with Crippen LogP contribution in [-0.4, -0.2) is 39.7 Å². The van der Waals surface area contributed by atoms with E-state index in [1.54, 1.807) is 48.5 Å². The molecule has 4 aliphatic rings. The van der Waals surface area contributed by atoms with E-state index in [4.69, 9.17) is 28.9 Å². The van der Waals surface area contributed by atoms with Crippen molar-refractivity contribution in [3.63, 3.8) is 0 Å². The van der Waals surface area contributed by atoms with Gasteiger partial charge in [-0.2, -0.15) is 0 Å². The predicted molar refractivity (Wildman–Crippen MR) is 110 cm³/mol. The first-order valence-corrected chi connectivity index (χ1v) is 10.4. The molecule has 3 atom stereocenters. The van der Waals surface area contributed by atoms with Crippen molar-refractivity contribution in [3.8, 4) is 0 Å². The fraction of sp³-hybridized carbons (Fsp3) is 0.273. The van der Waals surface area contributed by atoms with Crippen LogP contribution in [-0.2, 0) is 28.9 Å². The van der Waals surface area contributed by atoms with Crippen molar-refractivity contribution in [3.05, 3.63) is 70.8 Å². The number of aliphatic carboxylic acids is 1. The molecule has 9 heteroatoms. The maximum Gasteiger partial charge on any atom is 0.327 e. The van der Waals surface area contributed by atoms with Gasteiger partial charge in [0.25, 0.3) is 0 Å². The number of hydrogen-bond donors (Lipinski definition) is 2. The Labute approximate surface area is 186 Å². The van der Waals surface area contributed by atoms with Crippen molar-refractivity contribution in [2.75, 3.05) is 0 Å². The van der Waals surface area contributed by atoms with Gasteiger partial charge >= 0.3 is 5.97 Å². The second kappa shape index (κ2) is 6.31. The molecule has 1 aliphatic heterocycles. The Kier molecular flexibility index (Phi) is 4.08. The zero-order valence-corrected chi connectivity index (χ0v) is 17.4. The molecule has 1 saturated heterocycles. The standard InChI is InChI=1S/C22H16Cl2N2O5/c23-21-10-5-1-2-6-11(10)22(24,13-8-4-3-7-12(13)21)17-16(21)18(28)26(19(17)29)14(20(30)31)9-15(25)27/h1-8,14,16-17H,9H2,(H2,25,27)(H,30,31)/t14-,16+,17+,21?,22?/m1/s1. The predicted octanol–water partition coefficient (Wildman–Crippen LogP) is 1.91. The Hall–Kier alpha value is -2.90. The lowest BCUT2D eigenvalue weighted by atomic mass is 9.54. The van der Waals surface area contributed by atoms with Crippen LogP contribution in [0.2, 0.25) is 0 Å². The molecule has 6 rings (SSSR count). The number of amides is 3. The number of alkyl halides is 2. The Morgan fingerprint density at radius 2 is 1.26 bits per heavy atom. The van der Waals surface area contributed by atoms with Gasteiger partial charge in [0.2, 0.25) is 17.7 Å². The van der Waals surface area contributed by atoms with Crippen LogP contribution in [0.15, 0.2) is 48.5 Å². The third kappa shape index (κ3) is 2.25. The van der Waals surface area contributed by atoms with E-state index in [1.165, 1.54) is 0 Å². The molecule has 0 radical (unpaired) electrons. The lowest BCUT2D eigenvalue weighted by Crippen LogP contribution is -2.57. The number of carboxylic acid groups (broad SMARTS) is 1. The molecule has 3 N–H and O–H groups in total. The number of nitrogens with zero attached hydrogens (tertiary/aromatic N) is 1. The minimum absolute atomic E-state index is 0.608. The zero-order valence-electron chi connectivity index (χ0n) is 15.9. The number of benzene rings is 2. The summed E-state index contributed by atoms with van der Waals surface area (Å²) in [4.78, 5) is 48.3. The number of carbonyl (C=O) groups is 4. The van der Waals surface area contributed by atoms with E-state index >= 15 is 0 Å². The van der Waals surface area contributed by atoms with Gasteiger partial charge in [-0.05, 0) is 22.3 Å². The molecule has 7 nitrogen and oxygen atoms in total. The number of carbonyl (C=O) groups excluding carboxylic acids is 3. The molecule has 2 aromatic carbocycles. The molecular formula is C22H16Cl2N2O5. The van der Waals surface area contributed by atoms with Gasteiger partial charge in [-0.1, -0.05) is 48.5 Å². The second-order valence-electron chi connectivity index (χ2n) is 8.04. The molecule has 158 valence electrons. The maximum atomic E-state index is 13.6. The van der Waals surface area contributed by atoms with Gasteiger partial charge in [0.05, 0.1) is 18.3 Å². The monoisotopic (exact) mass is 458 g/mol. The van der Waals surface area contributed by atoms with Crippen molar-refractivity contribution in [2.24, 2.45) is 17.6 Å². The van der Waals surface area contributed by atoms with E-state index in [9.17, 15) is 24.3 Å². The molecular weight excluding hydrogens is 443 g/mol. The summed E-state index contributed by atoms with van der Waals surface area (Å²) >= 11 is 14.5. The van der Waals surface area contributed by atoms with Crippen LogP contribution in [0.1, 0.15) is 28.7 Å². The Bertz CT molecular complexity index is 1070. The van der Waals surface area contributed by atoms with Gasteiger partial charge in [-0.3, -0.25) is 19.3 Å². The van der Waals surface area contributed by atoms with E-state index in [-0.39, 0.29) is 0 Å². The Morgan fingerprint density at radius 3 is 1.55 bits per heavy atom. The number of halogens is 2. The summed E-state index contributed by atoms with van der Waals surface area (Å²) in [6, 6.07) is 12.4. The SMILES string of the molecule is NC(=O)C[C@H](C(=O)O)N1C(=O)[C@@H]2[C@@H](C1=O)C1(Cl)c3ccccc3C2(Cl)c2ccccc21. The van der Waals surface area contributed by atoms with Crippen molar-refractivity contribution in [1.29, 1.82) is 0 Å². The summed E-state index contributed by atoms with van der Waals surface area (Å²) < 4.78 is 0.